The minimum atomic E-state index is -0.0416. The molecular weight excluding hydrogens is 408 g/mol. The van der Waals surface area contributed by atoms with Gasteiger partial charge in [0.1, 0.15) is 0 Å². The predicted molar refractivity (Wildman–Crippen MR) is 134 cm³/mol. The third-order valence-electron chi connectivity index (χ3n) is 8.09. The Labute approximate surface area is 198 Å². The molecule has 2 aromatic carbocycles. The molecule has 2 unspecified atom stereocenters. The van der Waals surface area contributed by atoms with Gasteiger partial charge in [0.15, 0.2) is 0 Å². The smallest absolute Gasteiger partial charge is 0.315 e. The molecule has 0 radical (unpaired) electrons. The Bertz CT molecular complexity index is 935. The molecule has 5 nitrogen and oxygen atoms in total. The van der Waals surface area contributed by atoms with Crippen LogP contribution in [-0.2, 0) is 6.54 Å². The largest absolute Gasteiger partial charge is 0.378 e. The van der Waals surface area contributed by atoms with Gasteiger partial charge in [-0.2, -0.15) is 0 Å². The maximum atomic E-state index is 12.4. The van der Waals surface area contributed by atoms with E-state index in [1.54, 1.807) is 11.1 Å². The molecule has 33 heavy (non-hydrogen) atoms. The lowest BCUT2D eigenvalue weighted by Crippen LogP contribution is -2.43. The number of anilines is 1. The molecule has 2 bridgehead atoms. The monoisotopic (exact) mass is 446 g/mol. The average molecular weight is 447 g/mol. The van der Waals surface area contributed by atoms with E-state index in [1.165, 1.54) is 38.6 Å². The number of fused-ring (bicyclic) bond motifs is 5. The van der Waals surface area contributed by atoms with Crippen molar-refractivity contribution in [2.24, 2.45) is 5.92 Å². The first-order chi connectivity index (χ1) is 16.1. The standard InChI is InChI=1S/C28H38N4O/c1-31(2)23-7-5-6-21(18-23)19-29-28(33)30-22-12-10-20(11-13-22)16-17-32-26-14-15-27(32)25-9-4-3-8-24(25)26/h3-9,18,20,22,26-27H,10-17,19H2,1-2H3,(H2,29,30,33). The summed E-state index contributed by atoms with van der Waals surface area (Å²) in [6.45, 7) is 1.78. The Morgan fingerprint density at radius 2 is 1.64 bits per heavy atom. The fourth-order valence-corrected chi connectivity index (χ4v) is 6.25. The van der Waals surface area contributed by atoms with E-state index in [2.05, 4.69) is 62.9 Å². The van der Waals surface area contributed by atoms with Crippen molar-refractivity contribution in [1.29, 1.82) is 0 Å². The van der Waals surface area contributed by atoms with Crippen LogP contribution in [0.3, 0.4) is 0 Å². The molecule has 1 saturated carbocycles. The predicted octanol–water partition coefficient (Wildman–Crippen LogP) is 5.39. The highest BCUT2D eigenvalue weighted by Gasteiger charge is 2.43. The second-order valence-electron chi connectivity index (χ2n) is 10.4. The lowest BCUT2D eigenvalue weighted by molar-refractivity contribution is 0.185. The molecule has 176 valence electrons. The van der Waals surface area contributed by atoms with Gasteiger partial charge in [0.05, 0.1) is 0 Å². The van der Waals surface area contributed by atoms with Crippen LogP contribution in [0.5, 0.6) is 0 Å². The van der Waals surface area contributed by atoms with Gasteiger partial charge in [0, 0.05) is 44.5 Å². The van der Waals surface area contributed by atoms with Crippen LogP contribution in [0.1, 0.15) is 73.7 Å². The zero-order chi connectivity index (χ0) is 22.8. The van der Waals surface area contributed by atoms with Gasteiger partial charge < -0.3 is 15.5 Å². The molecule has 5 rings (SSSR count). The summed E-state index contributed by atoms with van der Waals surface area (Å²) < 4.78 is 0. The molecule has 5 heteroatoms. The number of urea groups is 1. The number of nitrogens with zero attached hydrogens (tertiary/aromatic N) is 2. The molecule has 1 saturated heterocycles. The quantitative estimate of drug-likeness (QED) is 0.599. The number of rotatable bonds is 7. The summed E-state index contributed by atoms with van der Waals surface area (Å²) in [7, 11) is 4.06. The van der Waals surface area contributed by atoms with E-state index in [1.807, 2.05) is 20.2 Å². The highest BCUT2D eigenvalue weighted by Crippen LogP contribution is 2.53. The molecule has 0 spiro atoms. The molecule has 0 aromatic heterocycles. The maximum absolute atomic E-state index is 12.4. The third kappa shape index (κ3) is 4.89. The number of amides is 2. The first-order valence-corrected chi connectivity index (χ1v) is 12.7. The van der Waals surface area contributed by atoms with Gasteiger partial charge in [0.25, 0.3) is 0 Å². The van der Waals surface area contributed by atoms with Crippen LogP contribution in [0.2, 0.25) is 0 Å². The van der Waals surface area contributed by atoms with Gasteiger partial charge in [0.2, 0.25) is 0 Å². The van der Waals surface area contributed by atoms with Crippen molar-refractivity contribution in [3.63, 3.8) is 0 Å². The Balaban J connectivity index is 1.02. The number of nitrogens with one attached hydrogen (secondary N) is 2. The van der Waals surface area contributed by atoms with Crippen LogP contribution < -0.4 is 15.5 Å². The molecule has 3 aliphatic rings. The molecular formula is C28H38N4O. The van der Waals surface area contributed by atoms with Crippen LogP contribution in [0.4, 0.5) is 10.5 Å². The summed E-state index contributed by atoms with van der Waals surface area (Å²) in [4.78, 5) is 17.3. The van der Waals surface area contributed by atoms with Crippen LogP contribution in [0, 0.1) is 5.92 Å². The van der Waals surface area contributed by atoms with Crippen LogP contribution >= 0.6 is 0 Å². The molecule has 2 aliphatic heterocycles. The van der Waals surface area contributed by atoms with E-state index in [9.17, 15) is 4.79 Å². The van der Waals surface area contributed by atoms with E-state index in [4.69, 9.17) is 0 Å². The number of carbonyl (C=O) groups is 1. The van der Waals surface area contributed by atoms with E-state index in [0.29, 0.717) is 24.7 Å². The number of hydrogen-bond acceptors (Lipinski definition) is 3. The Morgan fingerprint density at radius 3 is 2.30 bits per heavy atom. The number of benzene rings is 2. The summed E-state index contributed by atoms with van der Waals surface area (Å²) >= 11 is 0. The van der Waals surface area contributed by atoms with Gasteiger partial charge in [-0.05, 0) is 86.2 Å². The first kappa shape index (κ1) is 22.3. The summed E-state index contributed by atoms with van der Waals surface area (Å²) in [5.74, 6) is 0.794. The van der Waals surface area contributed by atoms with Crippen molar-refractivity contribution in [3.8, 4) is 0 Å². The normalized spacial score (nSPS) is 26.1. The Kier molecular flexibility index (Phi) is 6.59. The highest BCUT2D eigenvalue weighted by atomic mass is 16.2. The fourth-order valence-electron chi connectivity index (χ4n) is 6.25. The zero-order valence-electron chi connectivity index (χ0n) is 20.1. The average Bonchev–Trinajstić information content (AvgIpc) is 3.39. The number of hydrogen-bond donors (Lipinski definition) is 2. The van der Waals surface area contributed by atoms with Gasteiger partial charge >= 0.3 is 6.03 Å². The van der Waals surface area contributed by atoms with Crippen LogP contribution in [0.25, 0.3) is 0 Å². The summed E-state index contributed by atoms with van der Waals surface area (Å²) in [6.07, 6.45) is 8.60. The highest BCUT2D eigenvalue weighted by molar-refractivity contribution is 5.74. The van der Waals surface area contributed by atoms with Crippen molar-refractivity contribution in [2.45, 2.75) is 69.6 Å². The molecule has 2 amide bonds. The summed E-state index contributed by atoms with van der Waals surface area (Å²) in [5.41, 5.74) is 5.44. The zero-order valence-corrected chi connectivity index (χ0v) is 20.1. The molecule has 2 heterocycles. The van der Waals surface area contributed by atoms with Gasteiger partial charge in [-0.1, -0.05) is 36.4 Å². The maximum Gasteiger partial charge on any atom is 0.315 e. The van der Waals surface area contributed by atoms with E-state index in [0.717, 1.165) is 30.0 Å². The molecule has 1 aliphatic carbocycles. The van der Waals surface area contributed by atoms with Crippen molar-refractivity contribution in [1.82, 2.24) is 15.5 Å². The van der Waals surface area contributed by atoms with E-state index < -0.39 is 0 Å². The first-order valence-electron chi connectivity index (χ1n) is 12.7. The lowest BCUT2D eigenvalue weighted by atomic mass is 9.84. The molecule has 2 fully saturated rings. The molecule has 2 aromatic rings. The Morgan fingerprint density at radius 1 is 0.939 bits per heavy atom. The minimum absolute atomic E-state index is 0.0416. The van der Waals surface area contributed by atoms with Crippen molar-refractivity contribution >= 4 is 11.7 Å². The van der Waals surface area contributed by atoms with Gasteiger partial charge in [-0.15, -0.1) is 0 Å². The minimum Gasteiger partial charge on any atom is -0.378 e. The fraction of sp³-hybridized carbons (Fsp3) is 0.536. The van der Waals surface area contributed by atoms with Gasteiger partial charge in [-0.3, -0.25) is 4.90 Å². The van der Waals surface area contributed by atoms with Crippen molar-refractivity contribution < 1.29 is 4.79 Å². The third-order valence-corrected chi connectivity index (χ3v) is 8.09. The SMILES string of the molecule is CN(C)c1cccc(CNC(=O)NC2CCC(CCN3C4CCC3c3ccccc34)CC2)c1. The van der Waals surface area contributed by atoms with E-state index in [-0.39, 0.29) is 6.03 Å². The lowest BCUT2D eigenvalue weighted by Gasteiger charge is -2.31. The van der Waals surface area contributed by atoms with Gasteiger partial charge in [-0.25, -0.2) is 4.79 Å². The summed E-state index contributed by atoms with van der Waals surface area (Å²) in [6, 6.07) is 19.0. The molecule has 2 N–H and O–H groups in total. The second kappa shape index (κ2) is 9.76. The van der Waals surface area contributed by atoms with Crippen LogP contribution in [0.15, 0.2) is 48.5 Å². The van der Waals surface area contributed by atoms with Crippen molar-refractivity contribution in [2.75, 3.05) is 25.5 Å². The van der Waals surface area contributed by atoms with Crippen LogP contribution in [-0.4, -0.2) is 37.6 Å². The second-order valence-corrected chi connectivity index (χ2v) is 10.4. The number of carbonyl (C=O) groups excluding carboxylic acids is 1. The summed E-state index contributed by atoms with van der Waals surface area (Å²) in [5, 5.41) is 6.25. The molecule has 2 atom stereocenters. The van der Waals surface area contributed by atoms with Crippen molar-refractivity contribution in [3.05, 3.63) is 65.2 Å². The topological polar surface area (TPSA) is 47.6 Å². The van der Waals surface area contributed by atoms with E-state index >= 15 is 0 Å². The Hall–Kier alpha value is -2.53.